The summed E-state index contributed by atoms with van der Waals surface area (Å²) < 4.78 is 21.0. The summed E-state index contributed by atoms with van der Waals surface area (Å²) in [5, 5.41) is 7.95. The Morgan fingerprint density at radius 2 is 1.36 bits per heavy atom. The van der Waals surface area contributed by atoms with Crippen molar-refractivity contribution in [3.63, 3.8) is 0 Å². The van der Waals surface area contributed by atoms with E-state index < -0.39 is 47.7 Å². The van der Waals surface area contributed by atoms with Gasteiger partial charge in [0.25, 0.3) is 0 Å². The number of alkyl carbamates (subject to hydrolysis) is 2. The molecular weight excluding hydrogens is 606 g/mol. The van der Waals surface area contributed by atoms with E-state index in [1.807, 2.05) is 48.5 Å². The minimum atomic E-state index is -1.13. The van der Waals surface area contributed by atoms with Crippen LogP contribution in [0, 0.1) is 0 Å². The standard InChI is InChI=1S/C35H47N3O9/c1-6-44-30(39)20-19-29(32(41)45-7-2)37-31(40)28(18-12-13-21-36-33(42)47-35(3,4)5)38-34(43)46-22-27-25-16-10-8-14-23(25)24-15-9-11-17-26(24)27/h8-11,14-17,27-29H,6-7,12-13,18-22H2,1-5H3,(H,36,42)(H,37,40)(H,38,43)/t28-,29-/m0/s1. The number of nitrogens with one attached hydrogen (secondary N) is 3. The Morgan fingerprint density at radius 3 is 1.96 bits per heavy atom. The molecule has 2 atom stereocenters. The van der Waals surface area contributed by atoms with Crippen molar-refractivity contribution in [1.29, 1.82) is 0 Å². The molecule has 0 spiro atoms. The summed E-state index contributed by atoms with van der Waals surface area (Å²) in [6, 6.07) is 13.7. The number of hydrogen-bond donors (Lipinski definition) is 3. The number of fused-ring (bicyclic) bond motifs is 3. The van der Waals surface area contributed by atoms with Crippen molar-refractivity contribution in [3.8, 4) is 11.1 Å². The van der Waals surface area contributed by atoms with Gasteiger partial charge in [0.15, 0.2) is 0 Å². The van der Waals surface area contributed by atoms with Crippen LogP contribution in [-0.2, 0) is 33.3 Å². The molecule has 0 saturated heterocycles. The summed E-state index contributed by atoms with van der Waals surface area (Å²) in [5.74, 6) is -2.02. The third kappa shape index (κ3) is 11.6. The van der Waals surface area contributed by atoms with Crippen LogP contribution in [0.2, 0.25) is 0 Å². The first kappa shape index (κ1) is 36.9. The number of benzene rings is 2. The van der Waals surface area contributed by atoms with Gasteiger partial charge in [-0.1, -0.05) is 48.5 Å². The van der Waals surface area contributed by atoms with Crippen LogP contribution < -0.4 is 16.0 Å². The first-order chi connectivity index (χ1) is 22.4. The number of carbonyl (C=O) groups is 5. The molecule has 3 amide bonds. The number of ether oxygens (including phenoxy) is 4. The molecule has 0 fully saturated rings. The van der Waals surface area contributed by atoms with Gasteiger partial charge in [0.1, 0.15) is 24.3 Å². The first-order valence-corrected chi connectivity index (χ1v) is 16.1. The van der Waals surface area contributed by atoms with Gasteiger partial charge in [-0.2, -0.15) is 0 Å². The molecule has 2 aromatic rings. The van der Waals surface area contributed by atoms with Crippen molar-refractivity contribution < 1.29 is 42.9 Å². The van der Waals surface area contributed by atoms with Crippen LogP contribution >= 0.6 is 0 Å². The van der Waals surface area contributed by atoms with Crippen molar-refractivity contribution in [3.05, 3.63) is 59.7 Å². The summed E-state index contributed by atoms with van der Waals surface area (Å²) in [4.78, 5) is 63.2. The average molecular weight is 654 g/mol. The molecule has 256 valence electrons. The zero-order valence-electron chi connectivity index (χ0n) is 27.9. The van der Waals surface area contributed by atoms with Gasteiger partial charge in [0.2, 0.25) is 5.91 Å². The Hall–Kier alpha value is -4.61. The maximum atomic E-state index is 13.5. The molecule has 2 aromatic carbocycles. The lowest BCUT2D eigenvalue weighted by Gasteiger charge is -2.23. The second kappa shape index (κ2) is 17.9. The average Bonchev–Trinajstić information content (AvgIpc) is 3.34. The van der Waals surface area contributed by atoms with E-state index in [0.717, 1.165) is 22.3 Å². The van der Waals surface area contributed by atoms with Gasteiger partial charge in [-0.15, -0.1) is 0 Å². The number of amides is 3. The van der Waals surface area contributed by atoms with Crippen molar-refractivity contribution in [2.24, 2.45) is 0 Å². The Bertz CT molecular complexity index is 1340. The summed E-state index contributed by atoms with van der Waals surface area (Å²) in [6.07, 6.45) is -0.400. The predicted molar refractivity (Wildman–Crippen MR) is 175 cm³/mol. The Kier molecular flexibility index (Phi) is 14.0. The number of hydrogen-bond acceptors (Lipinski definition) is 9. The van der Waals surface area contributed by atoms with Gasteiger partial charge in [0.05, 0.1) is 13.2 Å². The molecule has 1 aliphatic rings. The lowest BCUT2D eigenvalue weighted by molar-refractivity contribution is -0.149. The smallest absolute Gasteiger partial charge is 0.407 e. The van der Waals surface area contributed by atoms with Gasteiger partial charge in [0, 0.05) is 18.9 Å². The second-order valence-electron chi connectivity index (χ2n) is 12.1. The number of carbonyl (C=O) groups excluding carboxylic acids is 5. The summed E-state index contributed by atoms with van der Waals surface area (Å²) in [5.41, 5.74) is 3.63. The van der Waals surface area contributed by atoms with E-state index in [9.17, 15) is 24.0 Å². The fourth-order valence-electron chi connectivity index (χ4n) is 5.29. The maximum absolute atomic E-state index is 13.5. The molecule has 12 heteroatoms. The predicted octanol–water partition coefficient (Wildman–Crippen LogP) is 4.98. The van der Waals surface area contributed by atoms with Crippen LogP contribution in [0.25, 0.3) is 11.1 Å². The quantitative estimate of drug-likeness (QED) is 0.129. The molecule has 47 heavy (non-hydrogen) atoms. The molecule has 0 saturated carbocycles. The van der Waals surface area contributed by atoms with Gasteiger partial charge < -0.3 is 34.9 Å². The van der Waals surface area contributed by atoms with E-state index in [1.165, 1.54) is 0 Å². The normalized spacial score (nSPS) is 13.3. The van der Waals surface area contributed by atoms with Gasteiger partial charge in [-0.3, -0.25) is 9.59 Å². The topological polar surface area (TPSA) is 158 Å². The van der Waals surface area contributed by atoms with Crippen LogP contribution in [0.5, 0.6) is 0 Å². The van der Waals surface area contributed by atoms with E-state index in [2.05, 4.69) is 16.0 Å². The Morgan fingerprint density at radius 1 is 0.745 bits per heavy atom. The molecule has 0 unspecified atom stereocenters. The minimum absolute atomic E-state index is 0.0408. The maximum Gasteiger partial charge on any atom is 0.407 e. The Balaban J connectivity index is 1.66. The van der Waals surface area contributed by atoms with Crippen molar-refractivity contribution in [1.82, 2.24) is 16.0 Å². The van der Waals surface area contributed by atoms with E-state index in [4.69, 9.17) is 18.9 Å². The molecular formula is C35H47N3O9. The van der Waals surface area contributed by atoms with Crippen molar-refractivity contribution in [2.75, 3.05) is 26.4 Å². The van der Waals surface area contributed by atoms with E-state index in [-0.39, 0.29) is 45.0 Å². The first-order valence-electron chi connectivity index (χ1n) is 16.1. The number of esters is 2. The van der Waals surface area contributed by atoms with E-state index in [0.29, 0.717) is 19.4 Å². The molecule has 0 aromatic heterocycles. The minimum Gasteiger partial charge on any atom is -0.466 e. The van der Waals surface area contributed by atoms with E-state index >= 15 is 0 Å². The molecule has 3 N–H and O–H groups in total. The highest BCUT2D eigenvalue weighted by Crippen LogP contribution is 2.44. The summed E-state index contributed by atoms with van der Waals surface area (Å²) in [6.45, 7) is 9.21. The van der Waals surface area contributed by atoms with Crippen LogP contribution in [0.3, 0.4) is 0 Å². The number of unbranched alkanes of at least 4 members (excludes halogenated alkanes) is 1. The molecule has 12 nitrogen and oxygen atoms in total. The van der Waals surface area contributed by atoms with Crippen molar-refractivity contribution in [2.45, 2.75) is 90.3 Å². The fraction of sp³-hybridized carbons (Fsp3) is 0.514. The van der Waals surface area contributed by atoms with Gasteiger partial charge in [-0.25, -0.2) is 14.4 Å². The Labute approximate surface area is 276 Å². The summed E-state index contributed by atoms with van der Waals surface area (Å²) in [7, 11) is 0. The molecule has 0 heterocycles. The number of rotatable bonds is 16. The molecule has 1 aliphatic carbocycles. The highest BCUT2D eigenvalue weighted by molar-refractivity contribution is 5.90. The lowest BCUT2D eigenvalue weighted by atomic mass is 9.98. The molecule has 3 rings (SSSR count). The summed E-state index contributed by atoms with van der Waals surface area (Å²) >= 11 is 0. The zero-order valence-corrected chi connectivity index (χ0v) is 27.9. The largest absolute Gasteiger partial charge is 0.466 e. The van der Waals surface area contributed by atoms with Crippen LogP contribution in [0.4, 0.5) is 9.59 Å². The van der Waals surface area contributed by atoms with E-state index in [1.54, 1.807) is 34.6 Å². The third-order valence-corrected chi connectivity index (χ3v) is 7.37. The fourth-order valence-corrected chi connectivity index (χ4v) is 5.29. The SMILES string of the molecule is CCOC(=O)CC[C@H](NC(=O)[C@H](CCCCNC(=O)OC(C)(C)C)NC(=O)OCC1c2ccccc2-c2ccccc21)C(=O)OCC. The van der Waals surface area contributed by atoms with Crippen LogP contribution in [0.1, 0.15) is 83.8 Å². The third-order valence-electron chi connectivity index (χ3n) is 7.37. The molecule has 0 aliphatic heterocycles. The highest BCUT2D eigenvalue weighted by atomic mass is 16.6. The molecule has 0 bridgehead atoms. The van der Waals surface area contributed by atoms with Crippen LogP contribution in [-0.4, -0.2) is 74.1 Å². The lowest BCUT2D eigenvalue weighted by Crippen LogP contribution is -2.52. The highest BCUT2D eigenvalue weighted by Gasteiger charge is 2.31. The second-order valence-corrected chi connectivity index (χ2v) is 12.1. The molecule has 0 radical (unpaired) electrons. The van der Waals surface area contributed by atoms with Gasteiger partial charge >= 0.3 is 24.1 Å². The van der Waals surface area contributed by atoms with Gasteiger partial charge in [-0.05, 0) is 82.6 Å². The monoisotopic (exact) mass is 653 g/mol. The van der Waals surface area contributed by atoms with Crippen LogP contribution in [0.15, 0.2) is 48.5 Å². The van der Waals surface area contributed by atoms with Crippen molar-refractivity contribution >= 4 is 30.0 Å². The zero-order chi connectivity index (χ0) is 34.4.